The summed E-state index contributed by atoms with van der Waals surface area (Å²) in [4.78, 5) is 0. The first-order valence-electron chi connectivity index (χ1n) is 5.88. The van der Waals surface area contributed by atoms with Gasteiger partial charge >= 0.3 is 0 Å². The fourth-order valence-electron chi connectivity index (χ4n) is 1.84. The summed E-state index contributed by atoms with van der Waals surface area (Å²) in [6, 6.07) is 6.89. The van der Waals surface area contributed by atoms with Crippen molar-refractivity contribution in [1.82, 2.24) is 4.57 Å². The summed E-state index contributed by atoms with van der Waals surface area (Å²) < 4.78 is 15.6. The zero-order valence-electron chi connectivity index (χ0n) is 10.1. The maximum Gasteiger partial charge on any atom is 0.137 e. The standard InChI is InChI=1S/C14H15BrFNO/c1-2-14(18)11-5-6-17(9-11)8-10-3-4-13(16)12(15)7-10/h3-7,9,14,18H,2,8H2,1H3. The minimum absolute atomic E-state index is 0.256. The lowest BCUT2D eigenvalue weighted by Gasteiger charge is -2.06. The van der Waals surface area contributed by atoms with Gasteiger partial charge in [0, 0.05) is 18.9 Å². The van der Waals surface area contributed by atoms with E-state index < -0.39 is 6.10 Å². The van der Waals surface area contributed by atoms with Gasteiger partial charge in [-0.05, 0) is 51.7 Å². The highest BCUT2D eigenvalue weighted by Crippen LogP contribution is 2.19. The van der Waals surface area contributed by atoms with Crippen LogP contribution in [-0.2, 0) is 6.54 Å². The smallest absolute Gasteiger partial charge is 0.137 e. The van der Waals surface area contributed by atoms with Crippen molar-refractivity contribution in [1.29, 1.82) is 0 Å². The van der Waals surface area contributed by atoms with E-state index in [1.54, 1.807) is 12.1 Å². The summed E-state index contributed by atoms with van der Waals surface area (Å²) in [6.07, 6.45) is 4.13. The van der Waals surface area contributed by atoms with Crippen LogP contribution in [0.1, 0.15) is 30.6 Å². The first kappa shape index (κ1) is 13.3. The second-order valence-corrected chi connectivity index (χ2v) is 5.14. The molecule has 1 atom stereocenters. The van der Waals surface area contributed by atoms with Gasteiger partial charge < -0.3 is 9.67 Å². The van der Waals surface area contributed by atoms with E-state index in [9.17, 15) is 9.50 Å². The molecule has 0 amide bonds. The maximum absolute atomic E-state index is 13.1. The number of aliphatic hydroxyl groups excluding tert-OH is 1. The van der Waals surface area contributed by atoms with Gasteiger partial charge in [0.15, 0.2) is 0 Å². The van der Waals surface area contributed by atoms with Crippen molar-refractivity contribution in [3.8, 4) is 0 Å². The quantitative estimate of drug-likeness (QED) is 0.910. The molecule has 0 saturated carbocycles. The van der Waals surface area contributed by atoms with E-state index in [0.29, 0.717) is 17.4 Å². The molecular formula is C14H15BrFNO. The van der Waals surface area contributed by atoms with Gasteiger partial charge in [0.1, 0.15) is 5.82 Å². The van der Waals surface area contributed by atoms with Crippen LogP contribution in [0.5, 0.6) is 0 Å². The third-order valence-electron chi connectivity index (χ3n) is 2.89. The van der Waals surface area contributed by atoms with Gasteiger partial charge in [0.2, 0.25) is 0 Å². The van der Waals surface area contributed by atoms with Crippen LogP contribution in [0.4, 0.5) is 4.39 Å². The van der Waals surface area contributed by atoms with Gasteiger partial charge in [-0.2, -0.15) is 0 Å². The Morgan fingerprint density at radius 2 is 2.17 bits per heavy atom. The van der Waals surface area contributed by atoms with Crippen LogP contribution in [0.25, 0.3) is 0 Å². The lowest BCUT2D eigenvalue weighted by atomic mass is 10.1. The highest BCUT2D eigenvalue weighted by atomic mass is 79.9. The van der Waals surface area contributed by atoms with Gasteiger partial charge in [-0.1, -0.05) is 13.0 Å². The fourth-order valence-corrected chi connectivity index (χ4v) is 2.27. The second kappa shape index (κ2) is 5.67. The zero-order valence-corrected chi connectivity index (χ0v) is 11.7. The molecule has 0 saturated heterocycles. The summed E-state index contributed by atoms with van der Waals surface area (Å²) in [5.41, 5.74) is 1.93. The van der Waals surface area contributed by atoms with E-state index in [1.165, 1.54) is 6.07 Å². The molecule has 2 nitrogen and oxygen atoms in total. The van der Waals surface area contributed by atoms with Crippen LogP contribution < -0.4 is 0 Å². The molecule has 18 heavy (non-hydrogen) atoms. The molecule has 0 bridgehead atoms. The number of benzene rings is 1. The number of aliphatic hydroxyl groups is 1. The first-order valence-corrected chi connectivity index (χ1v) is 6.67. The molecular weight excluding hydrogens is 297 g/mol. The van der Waals surface area contributed by atoms with Crippen molar-refractivity contribution in [2.75, 3.05) is 0 Å². The number of hydrogen-bond donors (Lipinski definition) is 1. The topological polar surface area (TPSA) is 25.2 Å². The Kier molecular flexibility index (Phi) is 4.19. The predicted molar refractivity (Wildman–Crippen MR) is 72.9 cm³/mol. The Bertz CT molecular complexity index is 538. The number of aromatic nitrogens is 1. The molecule has 0 aliphatic heterocycles. The van der Waals surface area contributed by atoms with E-state index >= 15 is 0 Å². The van der Waals surface area contributed by atoms with Crippen molar-refractivity contribution in [3.05, 3.63) is 58.1 Å². The molecule has 1 heterocycles. The molecule has 1 N–H and O–H groups in total. The summed E-state index contributed by atoms with van der Waals surface area (Å²) >= 11 is 3.17. The summed E-state index contributed by atoms with van der Waals surface area (Å²) in [6.45, 7) is 2.61. The normalized spacial score (nSPS) is 12.7. The maximum atomic E-state index is 13.1. The lowest BCUT2D eigenvalue weighted by Crippen LogP contribution is -1.98. The SMILES string of the molecule is CCC(O)c1ccn(Cc2ccc(F)c(Br)c2)c1. The van der Waals surface area contributed by atoms with Gasteiger partial charge in [-0.25, -0.2) is 4.39 Å². The molecule has 96 valence electrons. The van der Waals surface area contributed by atoms with Gasteiger partial charge in [-0.3, -0.25) is 0 Å². The minimum Gasteiger partial charge on any atom is -0.388 e. The Balaban J connectivity index is 2.13. The highest BCUT2D eigenvalue weighted by molar-refractivity contribution is 9.10. The Labute approximate surface area is 114 Å². The monoisotopic (exact) mass is 311 g/mol. The van der Waals surface area contributed by atoms with Crippen LogP contribution in [0, 0.1) is 5.82 Å². The summed E-state index contributed by atoms with van der Waals surface area (Å²) in [7, 11) is 0. The van der Waals surface area contributed by atoms with Gasteiger partial charge in [0.25, 0.3) is 0 Å². The van der Waals surface area contributed by atoms with E-state index in [0.717, 1.165) is 11.1 Å². The molecule has 0 fully saturated rings. The Hall–Kier alpha value is -1.13. The third-order valence-corrected chi connectivity index (χ3v) is 3.50. The Morgan fingerprint density at radius 1 is 1.39 bits per heavy atom. The molecule has 0 spiro atoms. The summed E-state index contributed by atoms with van der Waals surface area (Å²) in [5.74, 6) is -0.256. The van der Waals surface area contributed by atoms with Crippen LogP contribution in [0.15, 0.2) is 41.1 Å². The minimum atomic E-state index is -0.411. The molecule has 1 aromatic carbocycles. The molecule has 0 aliphatic rings. The van der Waals surface area contributed by atoms with Crippen LogP contribution in [0.2, 0.25) is 0 Å². The average molecular weight is 312 g/mol. The van der Waals surface area contributed by atoms with Crippen molar-refractivity contribution >= 4 is 15.9 Å². The van der Waals surface area contributed by atoms with Gasteiger partial charge in [0.05, 0.1) is 10.6 Å². The average Bonchev–Trinajstić information content (AvgIpc) is 2.81. The van der Waals surface area contributed by atoms with Crippen molar-refractivity contribution < 1.29 is 9.50 Å². The van der Waals surface area contributed by atoms with Crippen molar-refractivity contribution in [2.24, 2.45) is 0 Å². The highest BCUT2D eigenvalue weighted by Gasteiger charge is 2.07. The van der Waals surface area contributed by atoms with E-state index in [-0.39, 0.29) is 5.82 Å². The number of hydrogen-bond acceptors (Lipinski definition) is 1. The van der Waals surface area contributed by atoms with Crippen LogP contribution in [0.3, 0.4) is 0 Å². The van der Waals surface area contributed by atoms with E-state index in [4.69, 9.17) is 0 Å². The number of rotatable bonds is 4. The van der Waals surface area contributed by atoms with Crippen molar-refractivity contribution in [2.45, 2.75) is 26.0 Å². The molecule has 0 aliphatic carbocycles. The number of halogens is 2. The Morgan fingerprint density at radius 3 is 2.83 bits per heavy atom. The van der Waals surface area contributed by atoms with Crippen LogP contribution in [-0.4, -0.2) is 9.67 Å². The third kappa shape index (κ3) is 3.00. The summed E-state index contributed by atoms with van der Waals surface area (Å²) in [5, 5.41) is 9.72. The van der Waals surface area contributed by atoms with E-state index in [1.807, 2.05) is 30.0 Å². The second-order valence-electron chi connectivity index (χ2n) is 4.29. The largest absolute Gasteiger partial charge is 0.388 e. The van der Waals surface area contributed by atoms with Crippen molar-refractivity contribution in [3.63, 3.8) is 0 Å². The number of nitrogens with zero attached hydrogens (tertiary/aromatic N) is 1. The predicted octanol–water partition coefficient (Wildman–Crippen LogP) is 3.88. The molecule has 2 aromatic rings. The van der Waals surface area contributed by atoms with E-state index in [2.05, 4.69) is 15.9 Å². The molecule has 1 aromatic heterocycles. The first-order chi connectivity index (χ1) is 8.60. The molecule has 2 rings (SSSR count). The van der Waals surface area contributed by atoms with Gasteiger partial charge in [-0.15, -0.1) is 0 Å². The van der Waals surface area contributed by atoms with Crippen LogP contribution >= 0.6 is 15.9 Å². The molecule has 1 unspecified atom stereocenters. The zero-order chi connectivity index (χ0) is 13.1. The molecule has 0 radical (unpaired) electrons. The molecule has 4 heteroatoms. The fraction of sp³-hybridized carbons (Fsp3) is 0.286. The lowest BCUT2D eigenvalue weighted by molar-refractivity contribution is 0.173.